The van der Waals surface area contributed by atoms with E-state index in [4.69, 9.17) is 4.42 Å². The Kier molecular flexibility index (Phi) is 3.35. The van der Waals surface area contributed by atoms with E-state index < -0.39 is 0 Å². The van der Waals surface area contributed by atoms with E-state index in [-0.39, 0.29) is 17.9 Å². The zero-order valence-electron chi connectivity index (χ0n) is 9.05. The van der Waals surface area contributed by atoms with Crippen molar-refractivity contribution in [1.29, 1.82) is 0 Å². The molecule has 0 radical (unpaired) electrons. The molecule has 0 saturated heterocycles. The smallest absolute Gasteiger partial charge is 0.251 e. The van der Waals surface area contributed by atoms with Crippen LogP contribution >= 0.6 is 0 Å². The first kappa shape index (κ1) is 11.1. The highest BCUT2D eigenvalue weighted by molar-refractivity contribution is 5.93. The van der Waals surface area contributed by atoms with Gasteiger partial charge in [-0.25, -0.2) is 0 Å². The van der Waals surface area contributed by atoms with Crippen LogP contribution in [0.5, 0.6) is 0 Å². The molecule has 1 N–H and O–H groups in total. The van der Waals surface area contributed by atoms with Gasteiger partial charge in [-0.1, -0.05) is 18.2 Å². The summed E-state index contributed by atoms with van der Waals surface area (Å²) in [6.07, 6.45) is 1.31. The van der Waals surface area contributed by atoms with E-state index in [9.17, 15) is 9.59 Å². The van der Waals surface area contributed by atoms with Crippen LogP contribution in [0.25, 0.3) is 0 Å². The van der Waals surface area contributed by atoms with Gasteiger partial charge in [-0.05, 0) is 12.1 Å². The molecule has 17 heavy (non-hydrogen) atoms. The highest BCUT2D eigenvalue weighted by atomic mass is 16.3. The minimum absolute atomic E-state index is 0.139. The predicted octanol–water partition coefficient (Wildman–Crippen LogP) is 1.57. The zero-order valence-corrected chi connectivity index (χ0v) is 9.05. The third-order valence-corrected chi connectivity index (χ3v) is 2.21. The lowest BCUT2D eigenvalue weighted by molar-refractivity contribution is 0.0948. The van der Waals surface area contributed by atoms with Gasteiger partial charge in [0.1, 0.15) is 5.76 Å². The van der Waals surface area contributed by atoms with Crippen LogP contribution in [-0.2, 0) is 6.54 Å². The van der Waals surface area contributed by atoms with Crippen molar-refractivity contribution in [2.75, 3.05) is 0 Å². The summed E-state index contributed by atoms with van der Waals surface area (Å²) < 4.78 is 5.08. The molecule has 0 aliphatic carbocycles. The van der Waals surface area contributed by atoms with Crippen molar-refractivity contribution in [3.8, 4) is 0 Å². The van der Waals surface area contributed by atoms with E-state index in [2.05, 4.69) is 5.32 Å². The third kappa shape index (κ3) is 3.04. The molecule has 0 bridgehead atoms. The quantitative estimate of drug-likeness (QED) is 0.869. The molecule has 1 aromatic carbocycles. The molecule has 2 aromatic rings. The minimum atomic E-state index is -0.197. The number of benzene rings is 1. The van der Waals surface area contributed by atoms with Crippen LogP contribution in [0.2, 0.25) is 0 Å². The second-order valence-corrected chi connectivity index (χ2v) is 3.48. The molecule has 4 heteroatoms. The summed E-state index contributed by atoms with van der Waals surface area (Å²) in [5, 5.41) is 2.67. The van der Waals surface area contributed by atoms with E-state index in [1.807, 2.05) is 6.07 Å². The summed E-state index contributed by atoms with van der Waals surface area (Å²) in [6, 6.07) is 11.5. The van der Waals surface area contributed by atoms with Crippen LogP contribution in [0, 0.1) is 0 Å². The second-order valence-electron chi connectivity index (χ2n) is 3.48. The van der Waals surface area contributed by atoms with E-state index in [1.165, 1.54) is 18.4 Å². The third-order valence-electron chi connectivity index (χ3n) is 2.21. The van der Waals surface area contributed by atoms with Crippen molar-refractivity contribution < 1.29 is 9.21 Å². The van der Waals surface area contributed by atoms with Gasteiger partial charge in [0.15, 0.2) is 5.43 Å². The number of hydrogen-bond acceptors (Lipinski definition) is 3. The fourth-order valence-electron chi connectivity index (χ4n) is 1.38. The molecule has 1 amide bonds. The zero-order chi connectivity index (χ0) is 12.1. The van der Waals surface area contributed by atoms with Crippen LogP contribution in [0.15, 0.2) is 57.9 Å². The van der Waals surface area contributed by atoms with E-state index in [0.29, 0.717) is 11.3 Å². The predicted molar refractivity (Wildman–Crippen MR) is 62.6 cm³/mol. The number of rotatable bonds is 3. The number of hydrogen-bond donors (Lipinski definition) is 1. The average molecular weight is 229 g/mol. The fraction of sp³-hybridized carbons (Fsp3) is 0.0769. The summed E-state index contributed by atoms with van der Waals surface area (Å²) in [6.45, 7) is 0.198. The molecule has 0 saturated carbocycles. The lowest BCUT2D eigenvalue weighted by Crippen LogP contribution is -2.23. The Morgan fingerprint density at radius 2 is 1.94 bits per heavy atom. The van der Waals surface area contributed by atoms with Crippen molar-refractivity contribution in [2.24, 2.45) is 0 Å². The highest BCUT2D eigenvalue weighted by Gasteiger charge is 2.04. The van der Waals surface area contributed by atoms with Gasteiger partial charge in [0, 0.05) is 17.7 Å². The molecular formula is C13H11NO3. The molecule has 1 aromatic heterocycles. The molecule has 2 rings (SSSR count). The van der Waals surface area contributed by atoms with Crippen LogP contribution in [0.1, 0.15) is 16.1 Å². The summed E-state index contributed by atoms with van der Waals surface area (Å²) in [5.41, 5.74) is 0.436. The summed E-state index contributed by atoms with van der Waals surface area (Å²) in [4.78, 5) is 22.7. The molecule has 1 heterocycles. The van der Waals surface area contributed by atoms with E-state index in [1.54, 1.807) is 24.3 Å². The molecule has 0 aliphatic heterocycles. The van der Waals surface area contributed by atoms with Crippen molar-refractivity contribution in [3.05, 3.63) is 70.3 Å². The molecule has 0 fully saturated rings. The van der Waals surface area contributed by atoms with Crippen LogP contribution in [0.3, 0.4) is 0 Å². The van der Waals surface area contributed by atoms with Crippen LogP contribution in [-0.4, -0.2) is 5.91 Å². The average Bonchev–Trinajstić information content (AvgIpc) is 2.37. The maximum atomic E-state index is 11.7. The second kappa shape index (κ2) is 5.12. The molecule has 0 atom stereocenters. The Morgan fingerprint density at radius 1 is 1.18 bits per heavy atom. The van der Waals surface area contributed by atoms with Gasteiger partial charge in [-0.2, -0.15) is 0 Å². The molecule has 0 spiro atoms. The van der Waals surface area contributed by atoms with E-state index >= 15 is 0 Å². The Morgan fingerprint density at radius 3 is 2.65 bits per heavy atom. The number of carbonyl (C=O) groups excluding carboxylic acids is 1. The topological polar surface area (TPSA) is 59.3 Å². The van der Waals surface area contributed by atoms with Gasteiger partial charge in [-0.15, -0.1) is 0 Å². The Hall–Kier alpha value is -2.36. The first-order valence-corrected chi connectivity index (χ1v) is 5.17. The first-order valence-electron chi connectivity index (χ1n) is 5.17. The van der Waals surface area contributed by atoms with Crippen molar-refractivity contribution in [2.45, 2.75) is 6.54 Å². The van der Waals surface area contributed by atoms with Gasteiger partial charge >= 0.3 is 0 Å². The summed E-state index contributed by atoms with van der Waals surface area (Å²) in [5.74, 6) is 0.235. The largest absolute Gasteiger partial charge is 0.467 e. The molecule has 0 aliphatic rings. The first-order chi connectivity index (χ1) is 8.25. The SMILES string of the molecule is O=C(NCc1cc(=O)cco1)c1ccccc1. The summed E-state index contributed by atoms with van der Waals surface area (Å²) in [7, 11) is 0. The fourth-order valence-corrected chi connectivity index (χ4v) is 1.38. The highest BCUT2D eigenvalue weighted by Crippen LogP contribution is 1.99. The Balaban J connectivity index is 2.00. The summed E-state index contributed by atoms with van der Waals surface area (Å²) >= 11 is 0. The van der Waals surface area contributed by atoms with Crippen molar-refractivity contribution in [3.63, 3.8) is 0 Å². The molecular weight excluding hydrogens is 218 g/mol. The van der Waals surface area contributed by atoms with Gasteiger partial charge < -0.3 is 9.73 Å². The Bertz CT molecular complexity index is 560. The number of nitrogens with one attached hydrogen (secondary N) is 1. The molecule has 86 valence electrons. The van der Waals surface area contributed by atoms with Crippen molar-refractivity contribution >= 4 is 5.91 Å². The maximum absolute atomic E-state index is 11.7. The van der Waals surface area contributed by atoms with Gasteiger partial charge in [0.2, 0.25) is 0 Å². The monoisotopic (exact) mass is 229 g/mol. The lowest BCUT2D eigenvalue weighted by Gasteiger charge is -2.03. The van der Waals surface area contributed by atoms with Crippen LogP contribution in [0.4, 0.5) is 0 Å². The maximum Gasteiger partial charge on any atom is 0.251 e. The molecule has 4 nitrogen and oxygen atoms in total. The van der Waals surface area contributed by atoms with Gasteiger partial charge in [-0.3, -0.25) is 9.59 Å². The van der Waals surface area contributed by atoms with E-state index in [0.717, 1.165) is 0 Å². The van der Waals surface area contributed by atoms with Gasteiger partial charge in [0.05, 0.1) is 12.8 Å². The minimum Gasteiger partial charge on any atom is -0.467 e. The standard InChI is InChI=1S/C13H11NO3/c15-11-6-7-17-12(8-11)9-14-13(16)10-4-2-1-3-5-10/h1-8H,9H2,(H,14,16). The number of amides is 1. The normalized spacial score (nSPS) is 9.88. The Labute approximate surface area is 97.9 Å². The lowest BCUT2D eigenvalue weighted by atomic mass is 10.2. The van der Waals surface area contributed by atoms with Crippen LogP contribution < -0.4 is 10.7 Å². The van der Waals surface area contributed by atoms with Gasteiger partial charge in [0.25, 0.3) is 5.91 Å². The molecule has 0 unspecified atom stereocenters. The van der Waals surface area contributed by atoms with Crippen molar-refractivity contribution in [1.82, 2.24) is 5.32 Å². The number of carbonyl (C=O) groups is 1.